The Kier molecular flexibility index (Phi) is 13.2. The van der Waals surface area contributed by atoms with E-state index in [0.717, 1.165) is 51.4 Å². The predicted molar refractivity (Wildman–Crippen MR) is 164 cm³/mol. The SMILES string of the molecule is CC(C)=CCCC(C)=CCCC(C)=CCCC(C)=CCCC(C)=CCC1=C(C)C(=O)c2ccccc2C1=O. The van der Waals surface area contributed by atoms with Gasteiger partial charge in [-0.1, -0.05) is 82.5 Å². The average Bonchev–Trinajstić information content (AvgIpc) is 2.87. The standard InChI is InChI=1S/C36H48O2/c1-26(2)14-10-15-27(3)16-11-17-28(4)18-12-19-29(5)20-13-21-30(6)24-25-32-31(7)35(37)33-22-8-9-23-34(33)36(32)38/h8-9,14,16,18,20,22-24H,10-13,15,17,19,21,25H2,1-7H3. The second kappa shape index (κ2) is 16.1. The first-order valence-electron chi connectivity index (χ1n) is 14.2. The summed E-state index contributed by atoms with van der Waals surface area (Å²) in [6, 6.07) is 7.14. The van der Waals surface area contributed by atoms with E-state index in [1.54, 1.807) is 19.1 Å². The van der Waals surface area contributed by atoms with E-state index in [0.29, 0.717) is 28.7 Å². The predicted octanol–water partition coefficient (Wildman–Crippen LogP) is 10.6. The van der Waals surface area contributed by atoms with Crippen molar-refractivity contribution in [2.24, 2.45) is 0 Å². The zero-order valence-electron chi connectivity index (χ0n) is 24.9. The van der Waals surface area contributed by atoms with Crippen molar-refractivity contribution in [3.8, 4) is 0 Å². The van der Waals surface area contributed by atoms with Crippen LogP contribution in [0.2, 0.25) is 0 Å². The zero-order chi connectivity index (χ0) is 28.1. The van der Waals surface area contributed by atoms with Crippen LogP contribution in [0.3, 0.4) is 0 Å². The molecule has 1 aromatic rings. The van der Waals surface area contributed by atoms with E-state index in [2.05, 4.69) is 71.9 Å². The van der Waals surface area contributed by atoms with Crippen molar-refractivity contribution in [2.75, 3.05) is 0 Å². The molecule has 0 radical (unpaired) electrons. The zero-order valence-corrected chi connectivity index (χ0v) is 24.9. The number of rotatable bonds is 14. The van der Waals surface area contributed by atoms with Crippen molar-refractivity contribution >= 4 is 11.6 Å². The van der Waals surface area contributed by atoms with Crippen LogP contribution in [0, 0.1) is 0 Å². The number of carbonyl (C=O) groups is 2. The summed E-state index contributed by atoms with van der Waals surface area (Å²) in [5, 5.41) is 0. The van der Waals surface area contributed by atoms with Crippen LogP contribution in [0.25, 0.3) is 0 Å². The van der Waals surface area contributed by atoms with Crippen LogP contribution in [-0.4, -0.2) is 11.6 Å². The van der Waals surface area contributed by atoms with Gasteiger partial charge in [-0.15, -0.1) is 0 Å². The molecular formula is C36H48O2. The first-order valence-corrected chi connectivity index (χ1v) is 14.2. The molecule has 1 aromatic carbocycles. The van der Waals surface area contributed by atoms with Crippen LogP contribution < -0.4 is 0 Å². The van der Waals surface area contributed by atoms with Crippen molar-refractivity contribution in [2.45, 2.75) is 106 Å². The van der Waals surface area contributed by atoms with Crippen molar-refractivity contribution in [3.63, 3.8) is 0 Å². The molecule has 0 N–H and O–H groups in total. The van der Waals surface area contributed by atoms with Gasteiger partial charge in [0.2, 0.25) is 0 Å². The van der Waals surface area contributed by atoms with E-state index in [1.807, 2.05) is 12.1 Å². The van der Waals surface area contributed by atoms with E-state index < -0.39 is 0 Å². The van der Waals surface area contributed by atoms with Gasteiger partial charge in [-0.3, -0.25) is 9.59 Å². The highest BCUT2D eigenvalue weighted by atomic mass is 16.1. The third-order valence-corrected chi connectivity index (χ3v) is 7.32. The van der Waals surface area contributed by atoms with Gasteiger partial charge in [0, 0.05) is 22.3 Å². The van der Waals surface area contributed by atoms with Gasteiger partial charge in [0.05, 0.1) is 0 Å². The molecule has 0 unspecified atom stereocenters. The van der Waals surface area contributed by atoms with Gasteiger partial charge in [0.25, 0.3) is 0 Å². The highest BCUT2D eigenvalue weighted by Gasteiger charge is 2.28. The molecule has 0 atom stereocenters. The molecule has 0 spiro atoms. The van der Waals surface area contributed by atoms with E-state index in [1.165, 1.54) is 27.9 Å². The Bertz CT molecular complexity index is 1170. The molecule has 1 aliphatic rings. The molecule has 38 heavy (non-hydrogen) atoms. The van der Waals surface area contributed by atoms with E-state index >= 15 is 0 Å². The summed E-state index contributed by atoms with van der Waals surface area (Å²) in [7, 11) is 0. The summed E-state index contributed by atoms with van der Waals surface area (Å²) >= 11 is 0. The molecule has 0 heterocycles. The topological polar surface area (TPSA) is 34.1 Å². The van der Waals surface area contributed by atoms with Crippen molar-refractivity contribution in [3.05, 3.63) is 105 Å². The van der Waals surface area contributed by atoms with E-state index in [-0.39, 0.29) is 11.6 Å². The minimum absolute atomic E-state index is 0.00790. The fraction of sp³-hybridized carbons (Fsp3) is 0.444. The number of ketones is 2. The third kappa shape index (κ3) is 10.4. The van der Waals surface area contributed by atoms with E-state index in [9.17, 15) is 9.59 Å². The molecule has 1 aliphatic carbocycles. The summed E-state index contributed by atoms with van der Waals surface area (Å²) < 4.78 is 0. The van der Waals surface area contributed by atoms with E-state index in [4.69, 9.17) is 0 Å². The molecule has 0 aromatic heterocycles. The maximum absolute atomic E-state index is 12.9. The first-order chi connectivity index (χ1) is 18.1. The van der Waals surface area contributed by atoms with Crippen LogP contribution in [0.1, 0.15) is 127 Å². The third-order valence-electron chi connectivity index (χ3n) is 7.32. The van der Waals surface area contributed by atoms with Gasteiger partial charge in [0.1, 0.15) is 0 Å². The minimum atomic E-state index is -0.0224. The Morgan fingerprint density at radius 2 is 0.974 bits per heavy atom. The summed E-state index contributed by atoms with van der Waals surface area (Å²) in [6.45, 7) is 14.9. The second-order valence-electron chi connectivity index (χ2n) is 11.1. The first kappa shape index (κ1) is 31.2. The number of Topliss-reactive ketones (excluding diaryl/α,β-unsaturated/α-hetero) is 2. The summed E-state index contributed by atoms with van der Waals surface area (Å²) in [4.78, 5) is 25.6. The lowest BCUT2D eigenvalue weighted by atomic mass is 9.83. The van der Waals surface area contributed by atoms with Gasteiger partial charge in [-0.25, -0.2) is 0 Å². The molecule has 0 amide bonds. The highest BCUT2D eigenvalue weighted by Crippen LogP contribution is 2.28. The molecule has 2 nitrogen and oxygen atoms in total. The van der Waals surface area contributed by atoms with Crippen molar-refractivity contribution < 1.29 is 9.59 Å². The van der Waals surface area contributed by atoms with Crippen LogP contribution in [-0.2, 0) is 0 Å². The number of benzene rings is 1. The lowest BCUT2D eigenvalue weighted by Gasteiger charge is -2.18. The Labute approximate surface area is 232 Å². The monoisotopic (exact) mass is 512 g/mol. The summed E-state index contributed by atoms with van der Waals surface area (Å²) in [6.07, 6.45) is 20.8. The number of hydrogen-bond donors (Lipinski definition) is 0. The van der Waals surface area contributed by atoms with Crippen LogP contribution in [0.5, 0.6) is 0 Å². The van der Waals surface area contributed by atoms with Crippen molar-refractivity contribution in [1.82, 2.24) is 0 Å². The fourth-order valence-corrected chi connectivity index (χ4v) is 4.71. The Morgan fingerprint density at radius 3 is 1.42 bits per heavy atom. The van der Waals surface area contributed by atoms with Crippen LogP contribution in [0.15, 0.2) is 93.7 Å². The molecular weight excluding hydrogens is 464 g/mol. The Hall–Kier alpha value is -3.00. The highest BCUT2D eigenvalue weighted by molar-refractivity contribution is 6.26. The van der Waals surface area contributed by atoms with Gasteiger partial charge >= 0.3 is 0 Å². The number of hydrogen-bond acceptors (Lipinski definition) is 2. The number of allylic oxidation sites excluding steroid dienone is 12. The second-order valence-corrected chi connectivity index (χ2v) is 11.1. The van der Waals surface area contributed by atoms with Gasteiger partial charge in [0.15, 0.2) is 11.6 Å². The fourth-order valence-electron chi connectivity index (χ4n) is 4.71. The summed E-state index contributed by atoms with van der Waals surface area (Å²) in [5.74, 6) is -0.0303. The lowest BCUT2D eigenvalue weighted by molar-refractivity contribution is 0.0973. The quantitative estimate of drug-likeness (QED) is 0.232. The Balaban J connectivity index is 1.74. The molecule has 204 valence electrons. The number of carbonyl (C=O) groups excluding carboxylic acids is 2. The summed E-state index contributed by atoms with van der Waals surface area (Å²) in [5.41, 5.74) is 9.35. The lowest BCUT2D eigenvalue weighted by Crippen LogP contribution is -2.20. The molecule has 2 rings (SSSR count). The molecule has 0 fully saturated rings. The normalized spacial score (nSPS) is 15.2. The largest absolute Gasteiger partial charge is 0.289 e. The molecule has 0 aliphatic heterocycles. The maximum atomic E-state index is 12.9. The van der Waals surface area contributed by atoms with Crippen LogP contribution >= 0.6 is 0 Å². The maximum Gasteiger partial charge on any atom is 0.190 e. The molecule has 0 bridgehead atoms. The number of fused-ring (bicyclic) bond motifs is 1. The smallest absolute Gasteiger partial charge is 0.190 e. The minimum Gasteiger partial charge on any atom is -0.289 e. The Morgan fingerprint density at radius 1 is 0.579 bits per heavy atom. The van der Waals surface area contributed by atoms with Crippen molar-refractivity contribution in [1.29, 1.82) is 0 Å². The average molecular weight is 513 g/mol. The van der Waals surface area contributed by atoms with Gasteiger partial charge in [-0.2, -0.15) is 0 Å². The van der Waals surface area contributed by atoms with Crippen LogP contribution in [0.4, 0.5) is 0 Å². The molecule has 2 heteroatoms. The van der Waals surface area contributed by atoms with Gasteiger partial charge in [-0.05, 0) is 106 Å². The molecule has 0 saturated heterocycles. The van der Waals surface area contributed by atoms with Gasteiger partial charge < -0.3 is 0 Å². The molecule has 0 saturated carbocycles.